The molecule has 1 unspecified atom stereocenters. The van der Waals surface area contributed by atoms with E-state index in [-0.39, 0.29) is 6.61 Å². The van der Waals surface area contributed by atoms with Gasteiger partial charge in [0.15, 0.2) is 0 Å². The first-order chi connectivity index (χ1) is 8.61. The van der Waals surface area contributed by atoms with Crippen LogP contribution in [0.5, 0.6) is 0 Å². The molecule has 4 heteroatoms. The van der Waals surface area contributed by atoms with Crippen molar-refractivity contribution in [1.82, 2.24) is 0 Å². The van der Waals surface area contributed by atoms with Crippen molar-refractivity contribution >= 4 is 21.6 Å². The number of aliphatic hydroxyl groups excluding tert-OH is 2. The van der Waals surface area contributed by atoms with Gasteiger partial charge in [0.2, 0.25) is 0 Å². The van der Waals surface area contributed by atoms with Crippen molar-refractivity contribution < 1.29 is 10.2 Å². The van der Waals surface area contributed by atoms with Crippen LogP contribution in [0.1, 0.15) is 31.4 Å². The second-order valence-electron chi connectivity index (χ2n) is 5.02. The average Bonchev–Trinajstić information content (AvgIpc) is 2.38. The minimum absolute atomic E-state index is 0.267. The SMILES string of the molecule is C[C@H](O)c1ccc(N2CCCC(CO)C2)cc1Br. The second-order valence-corrected chi connectivity index (χ2v) is 5.87. The normalized spacial score (nSPS) is 22.0. The first kappa shape index (κ1) is 13.8. The van der Waals surface area contributed by atoms with Crippen LogP contribution in [0.2, 0.25) is 0 Å². The van der Waals surface area contributed by atoms with Crippen molar-refractivity contribution in [3.05, 3.63) is 28.2 Å². The van der Waals surface area contributed by atoms with Gasteiger partial charge in [-0.25, -0.2) is 0 Å². The lowest BCUT2D eigenvalue weighted by Gasteiger charge is -2.34. The van der Waals surface area contributed by atoms with Crippen LogP contribution in [0.25, 0.3) is 0 Å². The molecule has 2 atom stereocenters. The number of benzene rings is 1. The van der Waals surface area contributed by atoms with Gasteiger partial charge < -0.3 is 15.1 Å². The summed E-state index contributed by atoms with van der Waals surface area (Å²) in [6.45, 7) is 3.99. The average molecular weight is 314 g/mol. The maximum Gasteiger partial charge on any atom is 0.0772 e. The Kier molecular flexibility index (Phi) is 4.65. The topological polar surface area (TPSA) is 43.7 Å². The van der Waals surface area contributed by atoms with Crippen LogP contribution in [-0.4, -0.2) is 29.9 Å². The molecule has 1 aliphatic rings. The summed E-state index contributed by atoms with van der Waals surface area (Å²) in [5, 5.41) is 18.9. The number of aliphatic hydroxyl groups is 2. The summed E-state index contributed by atoms with van der Waals surface area (Å²) < 4.78 is 0.945. The fourth-order valence-electron chi connectivity index (χ4n) is 2.50. The summed E-state index contributed by atoms with van der Waals surface area (Å²) in [5.41, 5.74) is 2.07. The number of halogens is 1. The lowest BCUT2D eigenvalue weighted by molar-refractivity contribution is 0.198. The maximum atomic E-state index is 9.61. The Morgan fingerprint density at radius 2 is 2.28 bits per heavy atom. The van der Waals surface area contributed by atoms with Gasteiger partial charge in [-0.15, -0.1) is 0 Å². The summed E-state index contributed by atoms with van der Waals surface area (Å²) in [4.78, 5) is 2.31. The lowest BCUT2D eigenvalue weighted by atomic mass is 9.98. The molecule has 0 spiro atoms. The number of anilines is 1. The molecule has 100 valence electrons. The number of piperidine rings is 1. The van der Waals surface area contributed by atoms with Gasteiger partial charge in [-0.05, 0) is 43.4 Å². The zero-order valence-electron chi connectivity index (χ0n) is 10.6. The van der Waals surface area contributed by atoms with Gasteiger partial charge >= 0.3 is 0 Å². The fraction of sp³-hybridized carbons (Fsp3) is 0.571. The number of rotatable bonds is 3. The van der Waals surface area contributed by atoms with Gasteiger partial charge in [0, 0.05) is 29.9 Å². The molecule has 1 aromatic carbocycles. The van der Waals surface area contributed by atoms with Crippen LogP contribution in [0, 0.1) is 5.92 Å². The first-order valence-electron chi connectivity index (χ1n) is 6.45. The first-order valence-corrected chi connectivity index (χ1v) is 7.24. The maximum absolute atomic E-state index is 9.61. The van der Waals surface area contributed by atoms with E-state index in [2.05, 4.69) is 26.9 Å². The third-order valence-corrected chi connectivity index (χ3v) is 4.26. The van der Waals surface area contributed by atoms with Gasteiger partial charge in [-0.2, -0.15) is 0 Å². The predicted molar refractivity (Wildman–Crippen MR) is 76.8 cm³/mol. The largest absolute Gasteiger partial charge is 0.396 e. The standard InChI is InChI=1S/C14H20BrNO2/c1-10(18)13-5-4-12(7-14(13)15)16-6-2-3-11(8-16)9-17/h4-5,7,10-11,17-18H,2-3,6,8-9H2,1H3/t10-,11?/m0/s1. The molecule has 1 aromatic rings. The van der Waals surface area contributed by atoms with Crippen molar-refractivity contribution in [2.45, 2.75) is 25.9 Å². The highest BCUT2D eigenvalue weighted by Crippen LogP contribution is 2.30. The van der Waals surface area contributed by atoms with Crippen LogP contribution in [0.3, 0.4) is 0 Å². The quantitative estimate of drug-likeness (QED) is 0.901. The molecular weight excluding hydrogens is 294 g/mol. The summed E-state index contributed by atoms with van der Waals surface area (Å²) in [6, 6.07) is 6.07. The molecule has 0 amide bonds. The number of nitrogens with zero attached hydrogens (tertiary/aromatic N) is 1. The lowest BCUT2D eigenvalue weighted by Crippen LogP contribution is -2.36. The molecule has 0 radical (unpaired) electrons. The minimum atomic E-state index is -0.458. The molecule has 0 saturated carbocycles. The van der Waals surface area contributed by atoms with Crippen molar-refractivity contribution in [2.75, 3.05) is 24.6 Å². The molecular formula is C14H20BrNO2. The van der Waals surface area contributed by atoms with E-state index in [1.165, 1.54) is 0 Å². The van der Waals surface area contributed by atoms with E-state index in [4.69, 9.17) is 0 Å². The van der Waals surface area contributed by atoms with Crippen LogP contribution < -0.4 is 4.90 Å². The molecule has 2 rings (SSSR count). The Hall–Kier alpha value is -0.580. The molecule has 18 heavy (non-hydrogen) atoms. The van der Waals surface area contributed by atoms with Gasteiger partial charge in [-0.3, -0.25) is 0 Å². The predicted octanol–water partition coefficient (Wildman–Crippen LogP) is 2.71. The fourth-order valence-corrected chi connectivity index (χ4v) is 3.20. The van der Waals surface area contributed by atoms with Gasteiger partial charge in [0.05, 0.1) is 6.10 Å². The van der Waals surface area contributed by atoms with E-state index in [9.17, 15) is 10.2 Å². The second kappa shape index (κ2) is 6.04. The van der Waals surface area contributed by atoms with Gasteiger partial charge in [0.25, 0.3) is 0 Å². The summed E-state index contributed by atoms with van der Waals surface area (Å²) in [5.74, 6) is 0.383. The Morgan fingerprint density at radius 3 is 2.89 bits per heavy atom. The van der Waals surface area contributed by atoms with Crippen LogP contribution in [0.4, 0.5) is 5.69 Å². The molecule has 3 nitrogen and oxygen atoms in total. The monoisotopic (exact) mass is 313 g/mol. The van der Waals surface area contributed by atoms with E-state index in [0.717, 1.165) is 41.7 Å². The Balaban J connectivity index is 2.16. The van der Waals surface area contributed by atoms with E-state index < -0.39 is 6.10 Å². The third kappa shape index (κ3) is 3.05. The highest BCUT2D eigenvalue weighted by Gasteiger charge is 2.20. The number of hydrogen-bond donors (Lipinski definition) is 2. The van der Waals surface area contributed by atoms with Gasteiger partial charge in [-0.1, -0.05) is 22.0 Å². The molecule has 1 fully saturated rings. The van der Waals surface area contributed by atoms with Crippen molar-refractivity contribution in [2.24, 2.45) is 5.92 Å². The van der Waals surface area contributed by atoms with E-state index in [1.807, 2.05) is 12.1 Å². The van der Waals surface area contributed by atoms with Crippen LogP contribution in [0.15, 0.2) is 22.7 Å². The molecule has 2 N–H and O–H groups in total. The van der Waals surface area contributed by atoms with E-state index >= 15 is 0 Å². The Labute approximate surface area is 117 Å². The smallest absolute Gasteiger partial charge is 0.0772 e. The molecule has 0 bridgehead atoms. The van der Waals surface area contributed by atoms with Gasteiger partial charge in [0.1, 0.15) is 0 Å². The molecule has 0 aromatic heterocycles. The van der Waals surface area contributed by atoms with Crippen LogP contribution >= 0.6 is 15.9 Å². The highest BCUT2D eigenvalue weighted by molar-refractivity contribution is 9.10. The van der Waals surface area contributed by atoms with Crippen molar-refractivity contribution in [3.63, 3.8) is 0 Å². The number of hydrogen-bond acceptors (Lipinski definition) is 3. The Morgan fingerprint density at radius 1 is 1.50 bits per heavy atom. The van der Waals surface area contributed by atoms with Crippen molar-refractivity contribution in [3.8, 4) is 0 Å². The van der Waals surface area contributed by atoms with E-state index in [1.54, 1.807) is 6.92 Å². The molecule has 1 saturated heterocycles. The highest BCUT2D eigenvalue weighted by atomic mass is 79.9. The summed E-state index contributed by atoms with van der Waals surface area (Å²) >= 11 is 3.51. The molecule has 0 aliphatic carbocycles. The molecule has 1 heterocycles. The molecule has 1 aliphatic heterocycles. The van der Waals surface area contributed by atoms with Crippen molar-refractivity contribution in [1.29, 1.82) is 0 Å². The minimum Gasteiger partial charge on any atom is -0.396 e. The zero-order chi connectivity index (χ0) is 13.1. The summed E-state index contributed by atoms with van der Waals surface area (Å²) in [7, 11) is 0. The zero-order valence-corrected chi connectivity index (χ0v) is 12.2. The summed E-state index contributed by atoms with van der Waals surface area (Å²) in [6.07, 6.45) is 1.78. The third-order valence-electron chi connectivity index (χ3n) is 3.58. The Bertz CT molecular complexity index is 409. The van der Waals surface area contributed by atoms with E-state index in [0.29, 0.717) is 5.92 Å². The van der Waals surface area contributed by atoms with Crippen LogP contribution in [-0.2, 0) is 0 Å².